The molecule has 0 spiro atoms. The summed E-state index contributed by atoms with van der Waals surface area (Å²) in [7, 11) is 1.65. The number of rotatable bonds is 8. The standard InChI is InChI=1S/C22H27N4O2/c1-27-20-10-4-5-11-21(20)28-17-7-6-12-25-13-15-26(16-14-25)22-18-8-2-3-9-19(18)23-24-22/h2-3,5,8-11H,6-7,12-17H2,1H3,(H,23,24). The van der Waals surface area contributed by atoms with Crippen LogP contribution in [0.1, 0.15) is 12.8 Å². The van der Waals surface area contributed by atoms with Gasteiger partial charge in [0, 0.05) is 31.6 Å². The van der Waals surface area contributed by atoms with Crippen LogP contribution in [0.25, 0.3) is 10.9 Å². The quantitative estimate of drug-likeness (QED) is 0.608. The highest BCUT2D eigenvalue weighted by atomic mass is 16.5. The number of unbranched alkanes of at least 4 members (excludes halogenated alkanes) is 1. The normalized spacial score (nSPS) is 15.1. The maximum atomic E-state index is 5.84. The summed E-state index contributed by atoms with van der Waals surface area (Å²) in [6, 6.07) is 16.9. The molecule has 1 aliphatic heterocycles. The highest BCUT2D eigenvalue weighted by Crippen LogP contribution is 2.26. The van der Waals surface area contributed by atoms with Crippen LogP contribution in [0.3, 0.4) is 0 Å². The third-order valence-electron chi connectivity index (χ3n) is 5.26. The van der Waals surface area contributed by atoms with Crippen LogP contribution in [0, 0.1) is 6.07 Å². The number of hydrogen-bond donors (Lipinski definition) is 1. The van der Waals surface area contributed by atoms with Crippen LogP contribution in [0.5, 0.6) is 11.5 Å². The van der Waals surface area contributed by atoms with Gasteiger partial charge in [0.1, 0.15) is 0 Å². The van der Waals surface area contributed by atoms with E-state index in [2.05, 4.69) is 44.3 Å². The van der Waals surface area contributed by atoms with Gasteiger partial charge < -0.3 is 14.4 Å². The number of nitrogens with zero attached hydrogens (tertiary/aromatic N) is 3. The molecule has 0 saturated carbocycles. The number of ether oxygens (including phenoxy) is 2. The molecular formula is C22H27N4O2. The van der Waals surface area contributed by atoms with E-state index < -0.39 is 0 Å². The fourth-order valence-corrected chi connectivity index (χ4v) is 3.67. The van der Waals surface area contributed by atoms with Crippen molar-refractivity contribution < 1.29 is 9.47 Å². The van der Waals surface area contributed by atoms with Crippen LogP contribution in [0.15, 0.2) is 42.5 Å². The molecule has 1 aromatic heterocycles. The summed E-state index contributed by atoms with van der Waals surface area (Å²) in [5, 5.41) is 8.87. The van der Waals surface area contributed by atoms with Gasteiger partial charge in [-0.15, -0.1) is 0 Å². The van der Waals surface area contributed by atoms with Crippen molar-refractivity contribution in [2.45, 2.75) is 12.8 Å². The molecule has 1 fully saturated rings. The third kappa shape index (κ3) is 4.22. The molecule has 0 aliphatic carbocycles. The molecule has 0 unspecified atom stereocenters. The van der Waals surface area contributed by atoms with Crippen LogP contribution in [-0.4, -0.2) is 61.5 Å². The average Bonchev–Trinajstić information content (AvgIpc) is 3.18. The highest BCUT2D eigenvalue weighted by Gasteiger charge is 2.20. The van der Waals surface area contributed by atoms with Gasteiger partial charge in [-0.25, -0.2) is 0 Å². The number of fused-ring (bicyclic) bond motifs is 1. The first kappa shape index (κ1) is 18.6. The molecule has 1 N–H and O–H groups in total. The lowest BCUT2D eigenvalue weighted by Gasteiger charge is -2.35. The molecule has 1 aliphatic rings. The first-order valence-electron chi connectivity index (χ1n) is 9.92. The van der Waals surface area contributed by atoms with Gasteiger partial charge in [-0.05, 0) is 49.7 Å². The van der Waals surface area contributed by atoms with Gasteiger partial charge in [-0.3, -0.25) is 10.00 Å². The molecule has 6 heteroatoms. The van der Waals surface area contributed by atoms with E-state index in [0.29, 0.717) is 6.61 Å². The summed E-state index contributed by atoms with van der Waals surface area (Å²) >= 11 is 0. The minimum atomic E-state index is 0.708. The Morgan fingerprint density at radius 2 is 1.93 bits per heavy atom. The number of benzene rings is 2. The van der Waals surface area contributed by atoms with Crippen molar-refractivity contribution >= 4 is 16.7 Å². The molecule has 147 valence electrons. The molecule has 2 heterocycles. The predicted molar refractivity (Wildman–Crippen MR) is 111 cm³/mol. The zero-order valence-electron chi connectivity index (χ0n) is 16.4. The maximum absolute atomic E-state index is 5.84. The largest absolute Gasteiger partial charge is 0.493 e. The molecule has 2 aromatic carbocycles. The van der Waals surface area contributed by atoms with Crippen LogP contribution < -0.4 is 14.4 Å². The van der Waals surface area contributed by atoms with Crippen molar-refractivity contribution in [2.24, 2.45) is 0 Å². The topological polar surface area (TPSA) is 53.6 Å². The Bertz CT molecular complexity index is 887. The first-order valence-corrected chi connectivity index (χ1v) is 9.92. The van der Waals surface area contributed by atoms with Crippen LogP contribution >= 0.6 is 0 Å². The van der Waals surface area contributed by atoms with Gasteiger partial charge >= 0.3 is 0 Å². The van der Waals surface area contributed by atoms with Gasteiger partial charge in [0.05, 0.1) is 19.2 Å². The Kier molecular flexibility index (Phi) is 5.97. The smallest absolute Gasteiger partial charge is 0.161 e. The predicted octanol–water partition coefficient (Wildman–Crippen LogP) is 3.35. The fraction of sp³-hybridized carbons (Fsp3) is 0.409. The number of para-hydroxylation sites is 1. The van der Waals surface area contributed by atoms with E-state index >= 15 is 0 Å². The minimum absolute atomic E-state index is 0.708. The Morgan fingerprint density at radius 3 is 2.79 bits per heavy atom. The van der Waals surface area contributed by atoms with Crippen LogP contribution in [-0.2, 0) is 0 Å². The van der Waals surface area contributed by atoms with E-state index in [1.165, 1.54) is 5.39 Å². The number of aromatic amines is 1. The SMILES string of the molecule is COc1c[c]ccc1OCCCCN1CCN(c2n[nH]c3ccccc23)CC1. The van der Waals surface area contributed by atoms with Crippen LogP contribution in [0.2, 0.25) is 0 Å². The molecule has 6 nitrogen and oxygen atoms in total. The lowest BCUT2D eigenvalue weighted by atomic mass is 10.2. The van der Waals surface area contributed by atoms with E-state index in [9.17, 15) is 0 Å². The molecule has 28 heavy (non-hydrogen) atoms. The molecule has 0 bridgehead atoms. The first-order chi connectivity index (χ1) is 13.8. The highest BCUT2D eigenvalue weighted by molar-refractivity contribution is 5.90. The van der Waals surface area contributed by atoms with Crippen molar-refractivity contribution in [3.63, 3.8) is 0 Å². The van der Waals surface area contributed by atoms with Crippen molar-refractivity contribution in [2.75, 3.05) is 51.3 Å². The summed E-state index contributed by atoms with van der Waals surface area (Å²) in [6.07, 6.45) is 2.17. The summed E-state index contributed by atoms with van der Waals surface area (Å²) in [4.78, 5) is 4.92. The second kappa shape index (κ2) is 8.97. The van der Waals surface area contributed by atoms with Crippen molar-refractivity contribution in [1.82, 2.24) is 15.1 Å². The molecule has 0 amide bonds. The minimum Gasteiger partial charge on any atom is -0.493 e. The van der Waals surface area contributed by atoms with E-state index in [-0.39, 0.29) is 0 Å². The van der Waals surface area contributed by atoms with Crippen molar-refractivity contribution in [3.8, 4) is 11.5 Å². The van der Waals surface area contributed by atoms with E-state index in [0.717, 1.165) is 68.4 Å². The lowest BCUT2D eigenvalue weighted by molar-refractivity contribution is 0.235. The summed E-state index contributed by atoms with van der Waals surface area (Å²) in [5.74, 6) is 2.61. The fourth-order valence-electron chi connectivity index (χ4n) is 3.67. The zero-order chi connectivity index (χ0) is 19.2. The van der Waals surface area contributed by atoms with Crippen molar-refractivity contribution in [1.29, 1.82) is 0 Å². The Hall–Kier alpha value is -2.73. The number of hydrogen-bond acceptors (Lipinski definition) is 5. The maximum Gasteiger partial charge on any atom is 0.161 e. The van der Waals surface area contributed by atoms with Crippen molar-refractivity contribution in [3.05, 3.63) is 48.5 Å². The molecule has 4 rings (SSSR count). The number of aromatic nitrogens is 2. The molecule has 1 radical (unpaired) electrons. The summed E-state index contributed by atoms with van der Waals surface area (Å²) in [5.41, 5.74) is 1.10. The van der Waals surface area contributed by atoms with E-state index in [1.54, 1.807) is 13.2 Å². The van der Waals surface area contributed by atoms with E-state index in [1.807, 2.05) is 18.2 Å². The Balaban J connectivity index is 1.18. The van der Waals surface area contributed by atoms with E-state index in [4.69, 9.17) is 9.47 Å². The molecule has 3 aromatic rings. The van der Waals surface area contributed by atoms with Gasteiger partial charge in [0.2, 0.25) is 0 Å². The number of methoxy groups -OCH3 is 1. The van der Waals surface area contributed by atoms with Gasteiger partial charge in [-0.1, -0.05) is 18.2 Å². The second-order valence-electron chi connectivity index (χ2n) is 7.05. The number of anilines is 1. The summed E-state index contributed by atoms with van der Waals surface area (Å²) in [6.45, 7) is 6.00. The molecule has 0 atom stereocenters. The van der Waals surface area contributed by atoms with Gasteiger partial charge in [0.25, 0.3) is 0 Å². The zero-order valence-corrected chi connectivity index (χ0v) is 16.4. The summed E-state index contributed by atoms with van der Waals surface area (Å²) < 4.78 is 11.1. The Labute approximate surface area is 166 Å². The van der Waals surface area contributed by atoms with Crippen LogP contribution in [0.4, 0.5) is 5.82 Å². The number of nitrogens with one attached hydrogen (secondary N) is 1. The second-order valence-corrected chi connectivity index (χ2v) is 7.05. The lowest BCUT2D eigenvalue weighted by Crippen LogP contribution is -2.46. The molecule has 1 saturated heterocycles. The molecular weight excluding hydrogens is 352 g/mol. The Morgan fingerprint density at radius 1 is 1.07 bits per heavy atom. The van der Waals surface area contributed by atoms with Gasteiger partial charge in [0.15, 0.2) is 17.3 Å². The van der Waals surface area contributed by atoms with Gasteiger partial charge in [-0.2, -0.15) is 5.10 Å². The average molecular weight is 379 g/mol. The number of H-pyrrole nitrogens is 1. The number of piperazine rings is 1. The third-order valence-corrected chi connectivity index (χ3v) is 5.26. The monoisotopic (exact) mass is 379 g/mol.